The van der Waals surface area contributed by atoms with Crippen LogP contribution in [0, 0.1) is 0 Å². The molecule has 3 heteroatoms. The Kier molecular flexibility index (Phi) is 7.84. The van der Waals surface area contributed by atoms with Gasteiger partial charge in [0.25, 0.3) is 0 Å². The summed E-state index contributed by atoms with van der Waals surface area (Å²) in [5.74, 6) is 1.70. The van der Waals surface area contributed by atoms with Crippen molar-refractivity contribution in [1.82, 2.24) is 0 Å². The minimum atomic E-state index is -0.204. The summed E-state index contributed by atoms with van der Waals surface area (Å²) in [5.41, 5.74) is 16.3. The Morgan fingerprint density at radius 1 is 0.379 bits per heavy atom. The van der Waals surface area contributed by atoms with E-state index in [1.807, 2.05) is 0 Å². The molecule has 0 amide bonds. The standard InChI is InChI=1S/C55H40N2O/c1-55(2)48-26-13-12-22-43(48)46-24-15-27-50(54(46)55)57(41-30-28-38(29-31-41)37-16-6-3-7-17-37)49-34-35-51-53-45(23-14-25-47(49)53)44-33-32-42(36-52(44)58-51)56(39-18-8-4-9-19-39)40-20-10-5-11-21-40/h3-36H,1-2H3. The van der Waals surface area contributed by atoms with Gasteiger partial charge in [-0.1, -0.05) is 147 Å². The molecule has 0 atom stereocenters. The molecule has 276 valence electrons. The normalized spacial score (nSPS) is 12.9. The molecule has 0 N–H and O–H groups in total. The first-order valence-corrected chi connectivity index (χ1v) is 20.0. The van der Waals surface area contributed by atoms with E-state index in [2.05, 4.69) is 230 Å². The number of fused-ring (bicyclic) bond motifs is 5. The van der Waals surface area contributed by atoms with Crippen LogP contribution in [0.3, 0.4) is 0 Å². The maximum atomic E-state index is 6.93. The number of ether oxygens (including phenoxy) is 1. The molecule has 1 aliphatic carbocycles. The number of hydrogen-bond donors (Lipinski definition) is 0. The van der Waals surface area contributed by atoms with E-state index in [9.17, 15) is 0 Å². The fourth-order valence-electron chi connectivity index (χ4n) is 9.39. The highest BCUT2D eigenvalue weighted by molar-refractivity contribution is 6.11. The zero-order chi connectivity index (χ0) is 38.8. The molecule has 0 spiro atoms. The molecule has 0 saturated heterocycles. The highest BCUT2D eigenvalue weighted by Gasteiger charge is 2.39. The van der Waals surface area contributed by atoms with Gasteiger partial charge < -0.3 is 14.5 Å². The van der Waals surface area contributed by atoms with E-state index in [0.29, 0.717) is 0 Å². The van der Waals surface area contributed by atoms with E-state index in [0.717, 1.165) is 56.3 Å². The van der Waals surface area contributed by atoms with Crippen LogP contribution in [-0.2, 0) is 5.41 Å². The van der Waals surface area contributed by atoms with Crippen molar-refractivity contribution in [3.8, 4) is 44.9 Å². The first kappa shape index (κ1) is 33.9. The van der Waals surface area contributed by atoms with Crippen molar-refractivity contribution in [1.29, 1.82) is 0 Å². The second-order valence-electron chi connectivity index (χ2n) is 15.7. The predicted molar refractivity (Wildman–Crippen MR) is 242 cm³/mol. The van der Waals surface area contributed by atoms with Crippen LogP contribution in [0.15, 0.2) is 206 Å². The number of para-hydroxylation sites is 2. The van der Waals surface area contributed by atoms with E-state index in [-0.39, 0.29) is 5.41 Å². The van der Waals surface area contributed by atoms with Gasteiger partial charge in [-0.3, -0.25) is 0 Å². The Morgan fingerprint density at radius 3 is 1.71 bits per heavy atom. The third-order valence-corrected chi connectivity index (χ3v) is 12.0. The van der Waals surface area contributed by atoms with Gasteiger partial charge in [0.05, 0.1) is 11.4 Å². The minimum absolute atomic E-state index is 0.204. The fraction of sp³-hybridized carbons (Fsp3) is 0.0545. The predicted octanol–water partition coefficient (Wildman–Crippen LogP) is 15.5. The van der Waals surface area contributed by atoms with Gasteiger partial charge in [0.15, 0.2) is 0 Å². The number of hydrogen-bond acceptors (Lipinski definition) is 3. The third kappa shape index (κ3) is 5.35. The second-order valence-corrected chi connectivity index (χ2v) is 15.7. The summed E-state index contributed by atoms with van der Waals surface area (Å²) in [5, 5.41) is 2.25. The molecule has 1 heterocycles. The lowest BCUT2D eigenvalue weighted by Crippen LogP contribution is -2.21. The first-order chi connectivity index (χ1) is 28.5. The Balaban J connectivity index is 1.09. The van der Waals surface area contributed by atoms with E-state index in [1.165, 1.54) is 44.6 Å². The Labute approximate surface area is 339 Å². The van der Waals surface area contributed by atoms with Gasteiger partial charge in [0.2, 0.25) is 0 Å². The topological polar surface area (TPSA) is 15.7 Å². The van der Waals surface area contributed by atoms with Gasteiger partial charge in [-0.2, -0.15) is 0 Å². The summed E-state index contributed by atoms with van der Waals surface area (Å²) < 4.78 is 6.93. The molecule has 0 aromatic heterocycles. The van der Waals surface area contributed by atoms with Crippen LogP contribution in [0.25, 0.3) is 44.2 Å². The lowest BCUT2D eigenvalue weighted by Gasteiger charge is -2.34. The number of nitrogens with zero attached hydrogens (tertiary/aromatic N) is 2. The van der Waals surface area contributed by atoms with Gasteiger partial charge in [0.1, 0.15) is 11.5 Å². The quantitative estimate of drug-likeness (QED) is 0.162. The Morgan fingerprint density at radius 2 is 0.966 bits per heavy atom. The summed E-state index contributed by atoms with van der Waals surface area (Å²) in [4.78, 5) is 4.75. The van der Waals surface area contributed by atoms with Crippen molar-refractivity contribution in [3.05, 3.63) is 217 Å². The molecule has 2 aliphatic rings. The summed E-state index contributed by atoms with van der Waals surface area (Å²) in [7, 11) is 0. The highest BCUT2D eigenvalue weighted by Crippen LogP contribution is 2.56. The molecule has 0 unspecified atom stereocenters. The third-order valence-electron chi connectivity index (χ3n) is 12.0. The van der Waals surface area contributed by atoms with Crippen LogP contribution >= 0.6 is 0 Å². The van der Waals surface area contributed by atoms with E-state index in [1.54, 1.807) is 0 Å². The summed E-state index contributed by atoms with van der Waals surface area (Å²) in [6, 6.07) is 74.1. The van der Waals surface area contributed by atoms with Crippen molar-refractivity contribution in [2.75, 3.05) is 9.80 Å². The summed E-state index contributed by atoms with van der Waals surface area (Å²) in [6.45, 7) is 4.73. The lowest BCUT2D eigenvalue weighted by molar-refractivity contribution is 0.487. The number of benzene rings is 9. The average Bonchev–Trinajstić information content (AvgIpc) is 3.52. The smallest absolute Gasteiger partial charge is 0.137 e. The van der Waals surface area contributed by atoms with Crippen LogP contribution in [0.1, 0.15) is 25.0 Å². The molecule has 9 aromatic carbocycles. The second kappa shape index (κ2) is 13.4. The lowest BCUT2D eigenvalue weighted by atomic mass is 9.81. The molecule has 0 fully saturated rings. The van der Waals surface area contributed by atoms with Gasteiger partial charge >= 0.3 is 0 Å². The Bertz CT molecular complexity index is 2950. The molecule has 0 radical (unpaired) electrons. The van der Waals surface area contributed by atoms with Crippen molar-refractivity contribution < 1.29 is 4.74 Å². The molecular formula is C55H40N2O. The molecule has 0 saturated carbocycles. The fourth-order valence-corrected chi connectivity index (χ4v) is 9.39. The minimum Gasteiger partial charge on any atom is -0.456 e. The Hall–Kier alpha value is -7.36. The zero-order valence-electron chi connectivity index (χ0n) is 32.4. The van der Waals surface area contributed by atoms with Crippen LogP contribution in [0.4, 0.5) is 34.1 Å². The molecule has 58 heavy (non-hydrogen) atoms. The van der Waals surface area contributed by atoms with Gasteiger partial charge in [-0.15, -0.1) is 0 Å². The van der Waals surface area contributed by atoms with Crippen molar-refractivity contribution in [2.45, 2.75) is 19.3 Å². The largest absolute Gasteiger partial charge is 0.456 e. The van der Waals surface area contributed by atoms with Crippen molar-refractivity contribution in [3.63, 3.8) is 0 Å². The van der Waals surface area contributed by atoms with Crippen LogP contribution in [0.2, 0.25) is 0 Å². The van der Waals surface area contributed by atoms with Gasteiger partial charge in [0, 0.05) is 50.6 Å². The first-order valence-electron chi connectivity index (χ1n) is 20.0. The van der Waals surface area contributed by atoms with Gasteiger partial charge in [-0.25, -0.2) is 0 Å². The monoisotopic (exact) mass is 744 g/mol. The van der Waals surface area contributed by atoms with Crippen LogP contribution in [0.5, 0.6) is 11.5 Å². The highest BCUT2D eigenvalue weighted by atomic mass is 16.5. The molecule has 1 aliphatic heterocycles. The average molecular weight is 745 g/mol. The summed E-state index contributed by atoms with van der Waals surface area (Å²) in [6.07, 6.45) is 0. The maximum Gasteiger partial charge on any atom is 0.137 e. The van der Waals surface area contributed by atoms with E-state index in [4.69, 9.17) is 4.74 Å². The molecule has 3 nitrogen and oxygen atoms in total. The zero-order valence-corrected chi connectivity index (χ0v) is 32.4. The number of rotatable bonds is 7. The van der Waals surface area contributed by atoms with Crippen molar-refractivity contribution in [2.24, 2.45) is 0 Å². The SMILES string of the molecule is CC1(C)c2ccccc2-c2cccc(N(c3ccc(-c4ccccc4)cc3)c3ccc4c5c(cccc35)-c3ccc(N(c5ccccc5)c5ccccc5)cc3O4)c21. The molecule has 0 bridgehead atoms. The summed E-state index contributed by atoms with van der Waals surface area (Å²) >= 11 is 0. The maximum absolute atomic E-state index is 6.93. The number of anilines is 6. The molecule has 11 rings (SSSR count). The van der Waals surface area contributed by atoms with Crippen molar-refractivity contribution >= 4 is 44.9 Å². The van der Waals surface area contributed by atoms with E-state index >= 15 is 0 Å². The molecule has 9 aromatic rings. The van der Waals surface area contributed by atoms with Crippen LogP contribution in [-0.4, -0.2) is 0 Å². The van der Waals surface area contributed by atoms with Crippen LogP contribution < -0.4 is 14.5 Å². The van der Waals surface area contributed by atoms with Gasteiger partial charge in [-0.05, 0) is 106 Å². The van der Waals surface area contributed by atoms with E-state index < -0.39 is 0 Å². The molecular weight excluding hydrogens is 705 g/mol.